The van der Waals surface area contributed by atoms with Crippen LogP contribution in [-0.2, 0) is 18.4 Å². The van der Waals surface area contributed by atoms with Crippen LogP contribution in [0.4, 0.5) is 0 Å². The lowest BCUT2D eigenvalue weighted by atomic mass is 10.0. The van der Waals surface area contributed by atoms with Gasteiger partial charge in [-0.2, -0.15) is 0 Å². The number of phosphoric ester groups is 1. The molecule has 0 aliphatic carbocycles. The Bertz CT molecular complexity index is 1070. The van der Waals surface area contributed by atoms with Crippen molar-refractivity contribution in [1.29, 1.82) is 0 Å². The average Bonchev–Trinajstić information content (AvgIpc) is 3.21. The van der Waals surface area contributed by atoms with Crippen molar-refractivity contribution in [1.82, 2.24) is 5.32 Å². The highest BCUT2D eigenvalue weighted by Gasteiger charge is 2.29. The first-order chi connectivity index (χ1) is 29.4. The van der Waals surface area contributed by atoms with E-state index in [9.17, 15) is 24.5 Å². The summed E-state index contributed by atoms with van der Waals surface area (Å²) in [5, 5.41) is 24.6. The maximum absolute atomic E-state index is 12.9. The van der Waals surface area contributed by atoms with Crippen LogP contribution in [-0.4, -0.2) is 79.8 Å². The van der Waals surface area contributed by atoms with Gasteiger partial charge in [-0.05, 0) is 51.4 Å². The Labute approximate surface area is 377 Å². The summed E-state index contributed by atoms with van der Waals surface area (Å²) in [6.07, 6.45) is 48.1. The first kappa shape index (κ1) is 59.9. The number of aliphatic hydroxyl groups excluding tert-OH is 2. The highest BCUT2D eigenvalue weighted by atomic mass is 31.2. The van der Waals surface area contributed by atoms with Crippen molar-refractivity contribution in [2.75, 3.05) is 40.9 Å². The highest BCUT2D eigenvalue weighted by Crippen LogP contribution is 2.38. The molecular weight excluding hydrogens is 784 g/mol. The van der Waals surface area contributed by atoms with E-state index < -0.39 is 32.7 Å². The molecular formula is C51H101N2O7P. The molecule has 0 fully saturated rings. The Morgan fingerprint density at radius 2 is 0.951 bits per heavy atom. The number of carbonyl (C=O) groups is 1. The summed E-state index contributed by atoms with van der Waals surface area (Å²) >= 11 is 0. The van der Waals surface area contributed by atoms with E-state index in [1.807, 2.05) is 21.1 Å². The number of hydrogen-bond acceptors (Lipinski definition) is 7. The molecule has 0 radical (unpaired) electrons. The number of rotatable bonds is 47. The number of nitrogens with zero attached hydrogens (tertiary/aromatic N) is 1. The van der Waals surface area contributed by atoms with Gasteiger partial charge in [-0.15, -0.1) is 0 Å². The minimum Gasteiger partial charge on any atom is -0.756 e. The fraction of sp³-hybridized carbons (Fsp3) is 0.902. The van der Waals surface area contributed by atoms with Gasteiger partial charge >= 0.3 is 0 Å². The van der Waals surface area contributed by atoms with Crippen LogP contribution >= 0.6 is 7.82 Å². The molecule has 0 rings (SSSR count). The molecule has 362 valence electrons. The minimum absolute atomic E-state index is 0.0468. The maximum atomic E-state index is 12.9. The summed E-state index contributed by atoms with van der Waals surface area (Å²) in [6, 6.07) is -1.09. The van der Waals surface area contributed by atoms with Gasteiger partial charge in [0.15, 0.2) is 0 Å². The second kappa shape index (κ2) is 42.9. The third kappa shape index (κ3) is 43.9. The van der Waals surface area contributed by atoms with Gasteiger partial charge in [0.1, 0.15) is 19.3 Å². The minimum atomic E-state index is -4.68. The van der Waals surface area contributed by atoms with E-state index in [0.717, 1.165) is 38.5 Å². The van der Waals surface area contributed by atoms with Crippen LogP contribution in [0.25, 0.3) is 0 Å². The molecule has 9 nitrogen and oxygen atoms in total. The fourth-order valence-electron chi connectivity index (χ4n) is 7.62. The molecule has 4 atom stereocenters. The zero-order valence-corrected chi connectivity index (χ0v) is 41.6. The SMILES string of the molecule is CCCCC/C=C/CC/C=C/CCCC(O)C(O)C(COP(=O)([O-])OCC[N+](C)(C)C)NC(=O)CCCCCCCCCCCCCCCCCCCCCCCCCCC. The van der Waals surface area contributed by atoms with Crippen molar-refractivity contribution in [3.8, 4) is 0 Å². The summed E-state index contributed by atoms with van der Waals surface area (Å²) < 4.78 is 23.2. The van der Waals surface area contributed by atoms with E-state index in [-0.39, 0.29) is 18.9 Å². The number of hydrogen-bond donors (Lipinski definition) is 3. The lowest BCUT2D eigenvalue weighted by molar-refractivity contribution is -0.870. The molecule has 0 aromatic rings. The summed E-state index contributed by atoms with van der Waals surface area (Å²) in [5.74, 6) is -0.289. The van der Waals surface area contributed by atoms with Gasteiger partial charge < -0.3 is 34.0 Å². The number of unbranched alkanes of at least 4 members (excludes halogenated alkanes) is 29. The van der Waals surface area contributed by atoms with E-state index in [1.54, 1.807) is 0 Å². The Kier molecular flexibility index (Phi) is 42.1. The molecule has 0 aromatic carbocycles. The number of amides is 1. The van der Waals surface area contributed by atoms with Gasteiger partial charge in [0.25, 0.3) is 7.82 Å². The topological polar surface area (TPSA) is 128 Å². The van der Waals surface area contributed by atoms with Gasteiger partial charge in [0.05, 0.1) is 39.9 Å². The zero-order valence-electron chi connectivity index (χ0n) is 40.7. The quantitative estimate of drug-likeness (QED) is 0.0240. The molecule has 4 unspecified atom stereocenters. The fourth-order valence-corrected chi connectivity index (χ4v) is 8.35. The second-order valence-corrected chi connectivity index (χ2v) is 20.4. The first-order valence-corrected chi connectivity index (χ1v) is 27.2. The first-order valence-electron chi connectivity index (χ1n) is 25.8. The van der Waals surface area contributed by atoms with Crippen LogP contribution in [0.1, 0.15) is 239 Å². The summed E-state index contributed by atoms with van der Waals surface area (Å²) in [5.41, 5.74) is 0. The van der Waals surface area contributed by atoms with Crippen LogP contribution in [0.2, 0.25) is 0 Å². The van der Waals surface area contributed by atoms with Crippen molar-refractivity contribution in [3.05, 3.63) is 24.3 Å². The van der Waals surface area contributed by atoms with Crippen LogP contribution in [0.15, 0.2) is 24.3 Å². The van der Waals surface area contributed by atoms with E-state index in [4.69, 9.17) is 9.05 Å². The molecule has 0 heterocycles. The van der Waals surface area contributed by atoms with Crippen molar-refractivity contribution in [2.24, 2.45) is 0 Å². The van der Waals surface area contributed by atoms with Crippen molar-refractivity contribution < 1.29 is 38.0 Å². The number of allylic oxidation sites excluding steroid dienone is 4. The van der Waals surface area contributed by atoms with E-state index in [2.05, 4.69) is 43.5 Å². The molecule has 0 bridgehead atoms. The van der Waals surface area contributed by atoms with Crippen molar-refractivity contribution in [3.63, 3.8) is 0 Å². The third-order valence-corrected chi connectivity index (χ3v) is 12.7. The summed E-state index contributed by atoms with van der Waals surface area (Å²) in [4.78, 5) is 25.4. The highest BCUT2D eigenvalue weighted by molar-refractivity contribution is 7.45. The molecule has 0 saturated heterocycles. The van der Waals surface area contributed by atoms with Gasteiger partial charge in [0.2, 0.25) is 5.91 Å². The van der Waals surface area contributed by atoms with Crippen molar-refractivity contribution >= 4 is 13.7 Å². The van der Waals surface area contributed by atoms with Crippen LogP contribution in [0, 0.1) is 0 Å². The summed E-state index contributed by atoms with van der Waals surface area (Å²) in [7, 11) is 1.11. The molecule has 0 aliphatic heterocycles. The third-order valence-electron chi connectivity index (χ3n) is 11.8. The van der Waals surface area contributed by atoms with Gasteiger partial charge in [0, 0.05) is 6.42 Å². The Morgan fingerprint density at radius 3 is 1.38 bits per heavy atom. The Hall–Kier alpha value is -1.06. The predicted molar refractivity (Wildman–Crippen MR) is 258 cm³/mol. The van der Waals surface area contributed by atoms with E-state index in [0.29, 0.717) is 30.3 Å². The number of quaternary nitrogens is 1. The number of carbonyl (C=O) groups excluding carboxylic acids is 1. The molecule has 0 saturated carbocycles. The largest absolute Gasteiger partial charge is 0.756 e. The van der Waals surface area contributed by atoms with E-state index >= 15 is 0 Å². The van der Waals surface area contributed by atoms with Gasteiger partial charge in [-0.1, -0.05) is 205 Å². The number of aliphatic hydroxyl groups is 2. The van der Waals surface area contributed by atoms with Gasteiger partial charge in [-0.3, -0.25) is 9.36 Å². The lowest BCUT2D eigenvalue weighted by Crippen LogP contribution is -2.51. The number of likely N-dealkylation sites (N-methyl/N-ethyl adjacent to an activating group) is 1. The smallest absolute Gasteiger partial charge is 0.268 e. The lowest BCUT2D eigenvalue weighted by Gasteiger charge is -2.31. The normalized spacial score (nSPS) is 14.8. The number of phosphoric acid groups is 1. The molecule has 61 heavy (non-hydrogen) atoms. The van der Waals surface area contributed by atoms with Crippen molar-refractivity contribution in [2.45, 2.75) is 257 Å². The maximum Gasteiger partial charge on any atom is 0.268 e. The van der Waals surface area contributed by atoms with Crippen LogP contribution in [0.5, 0.6) is 0 Å². The van der Waals surface area contributed by atoms with Gasteiger partial charge in [-0.25, -0.2) is 0 Å². The molecule has 1 amide bonds. The summed E-state index contributed by atoms with van der Waals surface area (Å²) in [6.45, 7) is 4.40. The zero-order chi connectivity index (χ0) is 45.1. The predicted octanol–water partition coefficient (Wildman–Crippen LogP) is 13.2. The van der Waals surface area contributed by atoms with Crippen LogP contribution in [0.3, 0.4) is 0 Å². The average molecular weight is 885 g/mol. The monoisotopic (exact) mass is 885 g/mol. The molecule has 3 N–H and O–H groups in total. The second-order valence-electron chi connectivity index (χ2n) is 19.0. The van der Waals surface area contributed by atoms with Crippen LogP contribution < -0.4 is 10.2 Å². The Balaban J connectivity index is 4.25. The number of nitrogens with one attached hydrogen (secondary N) is 1. The molecule has 0 aliphatic rings. The molecule has 0 aromatic heterocycles. The van der Waals surface area contributed by atoms with E-state index in [1.165, 1.54) is 161 Å². The Morgan fingerprint density at radius 1 is 0.574 bits per heavy atom. The standard InChI is InChI=1S/C51H101N2O7P/c1-6-8-10-12-14-16-18-20-21-22-23-24-25-26-27-28-29-30-31-32-34-36-38-40-42-44-50(55)52-48(47-60-61(57,58)59-46-45-53(3,4)5)51(56)49(54)43-41-39-37-35-33-19-17-15-13-11-9-7-2/h15,17,35,37,48-49,51,54,56H,6-14,16,18-34,36,38-47H2,1-5H3,(H-,52,55,57,58)/b17-15+,37-35+. The molecule has 10 heteroatoms. The molecule has 0 spiro atoms.